The van der Waals surface area contributed by atoms with Crippen molar-refractivity contribution < 1.29 is 0 Å². The Labute approximate surface area is 106 Å². The Morgan fingerprint density at radius 2 is 2.17 bits per heavy atom. The van der Waals surface area contributed by atoms with Crippen molar-refractivity contribution in [3.05, 3.63) is 29.3 Å². The fourth-order valence-corrected chi connectivity index (χ4v) is 2.03. The van der Waals surface area contributed by atoms with Gasteiger partial charge in [0.15, 0.2) is 0 Å². The Balaban J connectivity index is 2.44. The summed E-state index contributed by atoms with van der Waals surface area (Å²) in [7, 11) is 1.85. The van der Waals surface area contributed by atoms with Crippen LogP contribution in [-0.2, 0) is 20.0 Å². The van der Waals surface area contributed by atoms with E-state index in [1.165, 1.54) is 0 Å². The molecule has 0 spiro atoms. The molecule has 0 amide bonds. The number of aryl methyl sites for hydroxylation is 3. The van der Waals surface area contributed by atoms with Gasteiger partial charge in [-0.05, 0) is 19.4 Å². The van der Waals surface area contributed by atoms with Gasteiger partial charge in [-0.1, -0.05) is 12.1 Å². The second kappa shape index (κ2) is 5.28. The lowest BCUT2D eigenvalue weighted by molar-refractivity contribution is 0.513. The van der Waals surface area contributed by atoms with E-state index >= 15 is 0 Å². The van der Waals surface area contributed by atoms with E-state index in [2.05, 4.69) is 40.8 Å². The van der Waals surface area contributed by atoms with Crippen LogP contribution >= 0.6 is 0 Å². The minimum absolute atomic E-state index is 0.155. The van der Waals surface area contributed by atoms with Crippen LogP contribution in [0.3, 0.4) is 0 Å². The molecule has 2 rings (SSSR count). The minimum atomic E-state index is -0.155. The number of hydrogen-bond donors (Lipinski definition) is 2. The van der Waals surface area contributed by atoms with Crippen molar-refractivity contribution in [3.63, 3.8) is 0 Å². The molecule has 0 bridgehead atoms. The minimum Gasteiger partial charge on any atom is -0.270 e. The molecule has 0 saturated carbocycles. The first-order valence-electron chi connectivity index (χ1n) is 6.08. The third-order valence-corrected chi connectivity index (χ3v) is 3.03. The van der Waals surface area contributed by atoms with Crippen LogP contribution in [0.25, 0.3) is 0 Å². The maximum Gasteiger partial charge on any atom is 0.106 e. The van der Waals surface area contributed by atoms with E-state index in [0.29, 0.717) is 0 Å². The van der Waals surface area contributed by atoms with E-state index < -0.39 is 0 Å². The van der Waals surface area contributed by atoms with Crippen LogP contribution in [-0.4, -0.2) is 24.8 Å². The normalized spacial score (nSPS) is 12.9. The first-order chi connectivity index (χ1) is 8.71. The van der Waals surface area contributed by atoms with Crippen LogP contribution in [0.15, 0.2) is 12.3 Å². The molecule has 1 atom stereocenters. The van der Waals surface area contributed by atoms with Crippen molar-refractivity contribution in [2.45, 2.75) is 32.9 Å². The van der Waals surface area contributed by atoms with Crippen LogP contribution in [0, 0.1) is 0 Å². The molecule has 0 aliphatic heterocycles. The zero-order valence-electron chi connectivity index (χ0n) is 11.0. The van der Waals surface area contributed by atoms with Crippen molar-refractivity contribution in [2.75, 3.05) is 0 Å². The Morgan fingerprint density at radius 1 is 1.39 bits per heavy atom. The number of rotatable bonds is 5. The molecule has 18 heavy (non-hydrogen) atoms. The molecule has 2 aromatic heterocycles. The lowest BCUT2D eigenvalue weighted by Crippen LogP contribution is -2.32. The Hall–Kier alpha value is -1.73. The highest BCUT2D eigenvalue weighted by Crippen LogP contribution is 2.21. The van der Waals surface area contributed by atoms with Crippen molar-refractivity contribution in [1.29, 1.82) is 0 Å². The summed E-state index contributed by atoms with van der Waals surface area (Å²) in [4.78, 5) is 0. The van der Waals surface area contributed by atoms with Crippen LogP contribution in [0.5, 0.6) is 0 Å². The van der Waals surface area contributed by atoms with Crippen LogP contribution in [0.4, 0.5) is 0 Å². The lowest BCUT2D eigenvalue weighted by Gasteiger charge is -2.16. The molecule has 0 aromatic carbocycles. The third-order valence-electron chi connectivity index (χ3n) is 3.03. The quantitative estimate of drug-likeness (QED) is 0.581. The maximum absolute atomic E-state index is 5.68. The fourth-order valence-electron chi connectivity index (χ4n) is 2.03. The summed E-state index contributed by atoms with van der Waals surface area (Å²) in [5.74, 6) is 5.68. The molecule has 0 radical (unpaired) electrons. The Bertz CT molecular complexity index is 513. The largest absolute Gasteiger partial charge is 0.270 e. The highest BCUT2D eigenvalue weighted by atomic mass is 15.4. The second-order valence-electron chi connectivity index (χ2n) is 4.11. The van der Waals surface area contributed by atoms with Gasteiger partial charge in [0.1, 0.15) is 6.04 Å². The predicted molar refractivity (Wildman–Crippen MR) is 67.4 cm³/mol. The van der Waals surface area contributed by atoms with Crippen molar-refractivity contribution in [1.82, 2.24) is 30.2 Å². The number of nitrogens with two attached hydrogens (primary N) is 1. The molecule has 7 nitrogen and oxygen atoms in total. The smallest absolute Gasteiger partial charge is 0.106 e. The number of nitrogens with one attached hydrogen (secondary N) is 1. The summed E-state index contributed by atoms with van der Waals surface area (Å²) in [6.07, 6.45) is 2.62. The summed E-state index contributed by atoms with van der Waals surface area (Å²) in [5.41, 5.74) is 5.81. The number of hydrazine groups is 1. The van der Waals surface area contributed by atoms with E-state index in [-0.39, 0.29) is 6.04 Å². The maximum atomic E-state index is 5.68. The van der Waals surface area contributed by atoms with Crippen molar-refractivity contribution in [3.8, 4) is 0 Å². The molecule has 0 saturated heterocycles. The predicted octanol–water partition coefficient (Wildman–Crippen LogP) is 0.147. The monoisotopic (exact) mass is 249 g/mol. The highest BCUT2D eigenvalue weighted by molar-refractivity contribution is 5.22. The molecule has 98 valence electrons. The Morgan fingerprint density at radius 3 is 2.67 bits per heavy atom. The van der Waals surface area contributed by atoms with Gasteiger partial charge < -0.3 is 0 Å². The third kappa shape index (κ3) is 2.14. The van der Waals surface area contributed by atoms with Gasteiger partial charge in [-0.25, -0.2) is 5.43 Å². The topological polar surface area (TPSA) is 86.6 Å². The van der Waals surface area contributed by atoms with E-state index in [9.17, 15) is 0 Å². The molecule has 2 heterocycles. The van der Waals surface area contributed by atoms with Gasteiger partial charge >= 0.3 is 0 Å². The number of aromatic nitrogens is 5. The SMILES string of the molecule is CCc1cc(C(NN)c2cnnn2C)n(CC)n1. The molecule has 0 fully saturated rings. The standard InChI is InChI=1S/C11H19N7/c1-4-8-6-9(18(5-2)15-8)11(14-12)10-7-13-16-17(10)3/h6-7,11,14H,4-5,12H2,1-3H3. The van der Waals surface area contributed by atoms with Gasteiger partial charge in [0, 0.05) is 13.6 Å². The van der Waals surface area contributed by atoms with Crippen LogP contribution in [0.1, 0.15) is 37.0 Å². The Kier molecular flexibility index (Phi) is 3.73. The second-order valence-corrected chi connectivity index (χ2v) is 4.11. The van der Waals surface area contributed by atoms with Crippen LogP contribution in [0.2, 0.25) is 0 Å². The van der Waals surface area contributed by atoms with Gasteiger partial charge in [-0.3, -0.25) is 15.2 Å². The van der Waals surface area contributed by atoms with Crippen molar-refractivity contribution >= 4 is 0 Å². The van der Waals surface area contributed by atoms with Gasteiger partial charge in [-0.2, -0.15) is 5.10 Å². The molecular formula is C11H19N7. The van der Waals surface area contributed by atoms with Gasteiger partial charge in [0.05, 0.1) is 23.3 Å². The van der Waals surface area contributed by atoms with Gasteiger partial charge in [0.2, 0.25) is 0 Å². The average Bonchev–Trinajstić information content (AvgIpc) is 2.98. The summed E-state index contributed by atoms with van der Waals surface area (Å²) in [6.45, 7) is 4.95. The molecule has 3 N–H and O–H groups in total. The summed E-state index contributed by atoms with van der Waals surface area (Å²) >= 11 is 0. The van der Waals surface area contributed by atoms with E-state index in [1.54, 1.807) is 10.9 Å². The molecule has 0 aliphatic carbocycles. The molecule has 0 aliphatic rings. The lowest BCUT2D eigenvalue weighted by atomic mass is 10.1. The van der Waals surface area contributed by atoms with E-state index in [4.69, 9.17) is 5.84 Å². The van der Waals surface area contributed by atoms with Gasteiger partial charge in [-0.15, -0.1) is 5.10 Å². The van der Waals surface area contributed by atoms with Gasteiger partial charge in [0.25, 0.3) is 0 Å². The van der Waals surface area contributed by atoms with Crippen molar-refractivity contribution in [2.24, 2.45) is 12.9 Å². The fraction of sp³-hybridized carbons (Fsp3) is 0.545. The highest BCUT2D eigenvalue weighted by Gasteiger charge is 2.21. The summed E-state index contributed by atoms with van der Waals surface area (Å²) < 4.78 is 3.67. The first-order valence-corrected chi connectivity index (χ1v) is 6.08. The molecule has 1 unspecified atom stereocenters. The number of nitrogens with zero attached hydrogens (tertiary/aromatic N) is 5. The average molecular weight is 249 g/mol. The number of hydrogen-bond acceptors (Lipinski definition) is 5. The molecule has 7 heteroatoms. The molecular weight excluding hydrogens is 230 g/mol. The zero-order chi connectivity index (χ0) is 13.1. The summed E-state index contributed by atoms with van der Waals surface area (Å²) in [6, 6.07) is 1.92. The van der Waals surface area contributed by atoms with E-state index in [1.807, 2.05) is 11.7 Å². The van der Waals surface area contributed by atoms with Crippen LogP contribution < -0.4 is 11.3 Å². The summed E-state index contributed by atoms with van der Waals surface area (Å²) in [5, 5.41) is 12.3. The molecule has 2 aromatic rings. The zero-order valence-corrected chi connectivity index (χ0v) is 11.0. The van der Waals surface area contributed by atoms with E-state index in [0.717, 1.165) is 30.0 Å². The first kappa shape index (κ1) is 12.7.